The molecule has 0 fully saturated rings. The molecule has 0 radical (unpaired) electrons. The smallest absolute Gasteiger partial charge is 0.340 e. The van der Waals surface area contributed by atoms with E-state index in [9.17, 15) is 14.5 Å². The number of rotatable bonds is 9. The number of phenols is 1. The first kappa shape index (κ1) is 22.8. The average Bonchev–Trinajstić information content (AvgIpc) is 2.60. The van der Waals surface area contributed by atoms with Gasteiger partial charge in [0.2, 0.25) is 0 Å². The first-order valence-corrected chi connectivity index (χ1v) is 12.0. The third-order valence-electron chi connectivity index (χ3n) is 3.62. The number of carbonyl (C=O) groups is 1. The van der Waals surface area contributed by atoms with E-state index < -0.39 is 7.80 Å². The summed E-state index contributed by atoms with van der Waals surface area (Å²) in [6, 6.07) is 8.63. The van der Waals surface area contributed by atoms with Crippen molar-refractivity contribution in [1.82, 2.24) is 5.32 Å². The topological polar surface area (TPSA) is 84.9 Å². The fourth-order valence-electron chi connectivity index (χ4n) is 2.45. The Balaban J connectivity index is 2.12. The van der Waals surface area contributed by atoms with Crippen LogP contribution in [-0.2, 0) is 26.8 Å². The van der Waals surface area contributed by atoms with Crippen LogP contribution < -0.4 is 10.1 Å². The Labute approximate surface area is 181 Å². The van der Waals surface area contributed by atoms with Crippen LogP contribution in [0.2, 0.25) is 0 Å². The Hall–Kier alpha value is -1.47. The number of benzene rings is 2. The zero-order valence-corrected chi connectivity index (χ0v) is 19.6. The van der Waals surface area contributed by atoms with Gasteiger partial charge < -0.3 is 19.9 Å². The Morgan fingerprint density at radius 2 is 1.89 bits per heavy atom. The van der Waals surface area contributed by atoms with Crippen LogP contribution >= 0.6 is 39.7 Å². The SMILES string of the molecule is CCOC(=O)CNCc1cc(Oc2c(Br)cc(C[P+](C)=O)cc2Br)ccc1O. The van der Waals surface area contributed by atoms with E-state index >= 15 is 0 Å². The minimum absolute atomic E-state index is 0.0522. The quantitative estimate of drug-likeness (QED) is 0.335. The lowest BCUT2D eigenvalue weighted by molar-refractivity contribution is -0.142. The molecule has 6 nitrogen and oxygen atoms in total. The second-order valence-electron chi connectivity index (χ2n) is 5.98. The fourth-order valence-corrected chi connectivity index (χ4v) is 4.59. The molecule has 0 amide bonds. The van der Waals surface area contributed by atoms with E-state index in [1.807, 2.05) is 12.1 Å². The van der Waals surface area contributed by atoms with Gasteiger partial charge in [0.05, 0.1) is 22.1 Å². The number of hydrogen-bond acceptors (Lipinski definition) is 6. The van der Waals surface area contributed by atoms with Crippen molar-refractivity contribution in [1.29, 1.82) is 0 Å². The van der Waals surface area contributed by atoms with Crippen LogP contribution in [0.1, 0.15) is 18.1 Å². The van der Waals surface area contributed by atoms with Gasteiger partial charge in [-0.25, -0.2) is 0 Å². The molecule has 1 atom stereocenters. The molecule has 2 aromatic rings. The summed E-state index contributed by atoms with van der Waals surface area (Å²) in [5, 5.41) is 13.0. The number of phenolic OH excluding ortho intramolecular Hbond substituents is 1. The molecule has 0 spiro atoms. The summed E-state index contributed by atoms with van der Waals surface area (Å²) >= 11 is 6.98. The molecule has 2 rings (SSSR count). The van der Waals surface area contributed by atoms with Crippen LogP contribution in [0.5, 0.6) is 17.2 Å². The first-order chi connectivity index (χ1) is 13.3. The highest BCUT2D eigenvalue weighted by Gasteiger charge is 2.15. The Morgan fingerprint density at radius 3 is 2.50 bits per heavy atom. The lowest BCUT2D eigenvalue weighted by Gasteiger charge is -2.13. The molecular formula is C19H21Br2NO5P+. The summed E-state index contributed by atoms with van der Waals surface area (Å²) in [6.45, 7) is 4.10. The molecule has 0 saturated heterocycles. The maximum atomic E-state index is 11.5. The summed E-state index contributed by atoms with van der Waals surface area (Å²) in [4.78, 5) is 11.4. The van der Waals surface area contributed by atoms with Crippen LogP contribution in [0.25, 0.3) is 0 Å². The van der Waals surface area contributed by atoms with E-state index in [2.05, 4.69) is 37.2 Å². The van der Waals surface area contributed by atoms with Crippen molar-refractivity contribution in [3.05, 3.63) is 50.4 Å². The zero-order chi connectivity index (χ0) is 20.7. The lowest BCUT2D eigenvalue weighted by atomic mass is 10.2. The number of nitrogens with one attached hydrogen (secondary N) is 1. The van der Waals surface area contributed by atoms with Gasteiger partial charge in [-0.3, -0.25) is 4.79 Å². The summed E-state index contributed by atoms with van der Waals surface area (Å²) in [6.07, 6.45) is 0.488. The number of carbonyl (C=O) groups excluding carboxylic acids is 1. The van der Waals surface area contributed by atoms with Crippen LogP contribution in [-0.4, -0.2) is 30.9 Å². The standard InChI is InChI=1S/C19H20Br2NO5P/c1-3-26-18(24)10-22-9-13-8-14(4-5-17(13)23)27-19-15(20)6-12(7-16(19)21)11-28(2)25/h4-8,22H,3,9-11H2,1-2H3/p+1. The zero-order valence-electron chi connectivity index (χ0n) is 15.5. The Bertz CT molecular complexity index is 852. The number of halogens is 2. The second kappa shape index (κ2) is 10.9. The predicted octanol–water partition coefficient (Wildman–Crippen LogP) is 5.32. The monoisotopic (exact) mass is 532 g/mol. The molecule has 0 aliphatic heterocycles. The molecular weight excluding hydrogens is 513 g/mol. The number of esters is 1. The third-order valence-corrected chi connectivity index (χ3v) is 5.61. The van der Waals surface area contributed by atoms with Crippen molar-refractivity contribution in [3.8, 4) is 17.2 Å². The Kier molecular flexibility index (Phi) is 8.89. The van der Waals surface area contributed by atoms with Gasteiger partial charge in [0.25, 0.3) is 0 Å². The van der Waals surface area contributed by atoms with Gasteiger partial charge in [-0.2, -0.15) is 0 Å². The van der Waals surface area contributed by atoms with Crippen LogP contribution in [0.15, 0.2) is 39.3 Å². The summed E-state index contributed by atoms with van der Waals surface area (Å²) < 4.78 is 23.7. The average molecular weight is 534 g/mol. The highest BCUT2D eigenvalue weighted by atomic mass is 79.9. The molecule has 1 unspecified atom stereocenters. The highest BCUT2D eigenvalue weighted by Crippen LogP contribution is 2.40. The van der Waals surface area contributed by atoms with Gasteiger partial charge in [-0.05, 0) is 69.1 Å². The van der Waals surface area contributed by atoms with E-state index in [0.29, 0.717) is 29.8 Å². The van der Waals surface area contributed by atoms with Crippen molar-refractivity contribution in [2.24, 2.45) is 0 Å². The van der Waals surface area contributed by atoms with E-state index in [1.54, 1.807) is 25.7 Å². The van der Waals surface area contributed by atoms with Gasteiger partial charge in [0, 0.05) is 17.7 Å². The van der Waals surface area contributed by atoms with Crippen LogP contribution in [0.3, 0.4) is 0 Å². The molecule has 150 valence electrons. The van der Waals surface area contributed by atoms with E-state index in [-0.39, 0.29) is 24.8 Å². The van der Waals surface area contributed by atoms with Gasteiger partial charge in [0.15, 0.2) is 11.9 Å². The largest absolute Gasteiger partial charge is 0.508 e. The molecule has 2 N–H and O–H groups in total. The number of hydrogen-bond donors (Lipinski definition) is 2. The summed E-state index contributed by atoms with van der Waals surface area (Å²) in [5.41, 5.74) is 1.53. The first-order valence-electron chi connectivity index (χ1n) is 8.52. The molecule has 28 heavy (non-hydrogen) atoms. The van der Waals surface area contributed by atoms with Crippen molar-refractivity contribution in [2.75, 3.05) is 19.8 Å². The third kappa shape index (κ3) is 6.85. The molecule has 0 aromatic heterocycles. The highest BCUT2D eigenvalue weighted by molar-refractivity contribution is 9.11. The summed E-state index contributed by atoms with van der Waals surface area (Å²) in [7, 11) is -1.28. The van der Waals surface area contributed by atoms with Crippen molar-refractivity contribution in [2.45, 2.75) is 19.6 Å². The van der Waals surface area contributed by atoms with Crippen molar-refractivity contribution < 1.29 is 23.9 Å². The van der Waals surface area contributed by atoms with Crippen molar-refractivity contribution in [3.63, 3.8) is 0 Å². The molecule has 0 bridgehead atoms. The molecule has 0 heterocycles. The molecule has 0 aliphatic rings. The van der Waals surface area contributed by atoms with E-state index in [1.165, 1.54) is 6.07 Å². The molecule has 2 aromatic carbocycles. The maximum absolute atomic E-state index is 11.5. The van der Waals surface area contributed by atoms with Gasteiger partial charge in [-0.15, -0.1) is 0 Å². The fraction of sp³-hybridized carbons (Fsp3) is 0.316. The van der Waals surface area contributed by atoms with Gasteiger partial charge >= 0.3 is 13.8 Å². The van der Waals surface area contributed by atoms with Crippen LogP contribution in [0.4, 0.5) is 0 Å². The minimum atomic E-state index is -1.28. The number of ether oxygens (including phenoxy) is 2. The summed E-state index contributed by atoms with van der Waals surface area (Å²) in [5.74, 6) is 0.854. The van der Waals surface area contributed by atoms with Gasteiger partial charge in [0.1, 0.15) is 18.2 Å². The molecule has 0 aliphatic carbocycles. The maximum Gasteiger partial charge on any atom is 0.340 e. The van der Waals surface area contributed by atoms with Crippen molar-refractivity contribution >= 4 is 45.6 Å². The van der Waals surface area contributed by atoms with Gasteiger partial charge in [-0.1, -0.05) is 4.57 Å². The van der Waals surface area contributed by atoms with Crippen LogP contribution in [0, 0.1) is 0 Å². The lowest BCUT2D eigenvalue weighted by Crippen LogP contribution is -2.24. The second-order valence-corrected chi connectivity index (χ2v) is 9.26. The van der Waals surface area contributed by atoms with E-state index in [0.717, 1.165) is 14.5 Å². The normalized spacial score (nSPS) is 11.2. The minimum Gasteiger partial charge on any atom is -0.508 e. The van der Waals surface area contributed by atoms with E-state index in [4.69, 9.17) is 9.47 Å². The predicted molar refractivity (Wildman–Crippen MR) is 116 cm³/mol. The number of aromatic hydroxyl groups is 1. The Morgan fingerprint density at radius 1 is 1.21 bits per heavy atom. The molecule has 9 heteroatoms. The molecule has 0 saturated carbocycles.